The molecule has 0 saturated carbocycles. The van der Waals surface area contributed by atoms with Crippen LogP contribution in [0.5, 0.6) is 0 Å². The topological polar surface area (TPSA) is 94.0 Å². The standard InChI is InChI=1S/C11H14N4OS/c1-11(2,10(13)16)15-6-3-4-7-9(8(6)12)14-5-17-7/h3-5,15H,12H2,1-2H3,(H2,13,16). The van der Waals surface area contributed by atoms with E-state index < -0.39 is 11.4 Å². The normalized spacial score (nSPS) is 11.6. The first-order valence-corrected chi connectivity index (χ1v) is 5.99. The zero-order chi connectivity index (χ0) is 12.6. The largest absolute Gasteiger partial charge is 0.395 e. The van der Waals surface area contributed by atoms with E-state index in [2.05, 4.69) is 10.3 Å². The summed E-state index contributed by atoms with van der Waals surface area (Å²) in [5.74, 6) is -0.435. The van der Waals surface area contributed by atoms with Crippen LogP contribution in [0, 0.1) is 0 Å². The molecule has 17 heavy (non-hydrogen) atoms. The van der Waals surface area contributed by atoms with E-state index in [0.29, 0.717) is 11.4 Å². The van der Waals surface area contributed by atoms with Gasteiger partial charge in [-0.15, -0.1) is 11.3 Å². The van der Waals surface area contributed by atoms with Crippen molar-refractivity contribution in [3.05, 3.63) is 17.6 Å². The number of nitrogens with zero attached hydrogens (tertiary/aromatic N) is 1. The number of thiazole rings is 1. The van der Waals surface area contributed by atoms with Gasteiger partial charge in [-0.1, -0.05) is 0 Å². The number of nitrogens with one attached hydrogen (secondary N) is 1. The number of amides is 1. The fourth-order valence-electron chi connectivity index (χ4n) is 1.46. The summed E-state index contributed by atoms with van der Waals surface area (Å²) in [6.45, 7) is 3.42. The molecule has 0 bridgehead atoms. The molecule has 0 unspecified atom stereocenters. The SMILES string of the molecule is CC(C)(Nc1ccc2scnc2c1N)C(N)=O. The molecule has 1 aromatic carbocycles. The Bertz CT molecular complexity index is 576. The van der Waals surface area contributed by atoms with Gasteiger partial charge in [-0.2, -0.15) is 0 Å². The minimum Gasteiger partial charge on any atom is -0.395 e. The number of fused-ring (bicyclic) bond motifs is 1. The number of carbonyl (C=O) groups is 1. The maximum absolute atomic E-state index is 11.3. The van der Waals surface area contributed by atoms with Crippen LogP contribution in [-0.4, -0.2) is 16.4 Å². The zero-order valence-electron chi connectivity index (χ0n) is 9.65. The lowest BCUT2D eigenvalue weighted by Gasteiger charge is -2.24. The molecular weight excluding hydrogens is 236 g/mol. The molecule has 0 aliphatic rings. The molecule has 0 atom stereocenters. The Morgan fingerprint density at radius 2 is 2.18 bits per heavy atom. The van der Waals surface area contributed by atoms with Crippen LogP contribution in [0.2, 0.25) is 0 Å². The molecule has 0 fully saturated rings. The number of aromatic nitrogens is 1. The van der Waals surface area contributed by atoms with E-state index in [4.69, 9.17) is 11.5 Å². The molecule has 2 rings (SSSR count). The summed E-state index contributed by atoms with van der Waals surface area (Å²) < 4.78 is 1.02. The lowest BCUT2D eigenvalue weighted by molar-refractivity contribution is -0.121. The Balaban J connectivity index is 2.43. The Hall–Kier alpha value is -1.82. The van der Waals surface area contributed by atoms with E-state index >= 15 is 0 Å². The third-order valence-corrected chi connectivity index (χ3v) is 3.40. The van der Waals surface area contributed by atoms with Gasteiger partial charge in [-0.05, 0) is 26.0 Å². The molecule has 0 aliphatic carbocycles. The second-order valence-corrected chi connectivity index (χ2v) is 5.23. The van der Waals surface area contributed by atoms with Crippen molar-refractivity contribution in [1.29, 1.82) is 0 Å². The number of hydrogen-bond acceptors (Lipinski definition) is 5. The molecule has 90 valence electrons. The number of benzene rings is 1. The van der Waals surface area contributed by atoms with Crippen molar-refractivity contribution in [3.63, 3.8) is 0 Å². The van der Waals surface area contributed by atoms with Crippen LogP contribution in [-0.2, 0) is 4.79 Å². The van der Waals surface area contributed by atoms with Crippen molar-refractivity contribution in [2.24, 2.45) is 5.73 Å². The zero-order valence-corrected chi connectivity index (χ0v) is 10.5. The van der Waals surface area contributed by atoms with E-state index in [1.54, 1.807) is 19.4 Å². The van der Waals surface area contributed by atoms with Gasteiger partial charge in [0.15, 0.2) is 0 Å². The number of hydrogen-bond donors (Lipinski definition) is 3. The predicted octanol–water partition coefficient (Wildman–Crippen LogP) is 1.55. The van der Waals surface area contributed by atoms with Gasteiger partial charge in [0.25, 0.3) is 0 Å². The molecule has 0 aliphatic heterocycles. The average Bonchev–Trinajstić information content (AvgIpc) is 2.70. The molecule has 2 aromatic rings. The Morgan fingerprint density at radius 3 is 2.82 bits per heavy atom. The molecule has 5 N–H and O–H groups in total. The van der Waals surface area contributed by atoms with Gasteiger partial charge in [-0.3, -0.25) is 4.79 Å². The maximum Gasteiger partial charge on any atom is 0.242 e. The summed E-state index contributed by atoms with van der Waals surface area (Å²) in [5, 5.41) is 3.03. The van der Waals surface area contributed by atoms with Crippen LogP contribution in [0.3, 0.4) is 0 Å². The van der Waals surface area contributed by atoms with E-state index in [1.807, 2.05) is 12.1 Å². The van der Waals surface area contributed by atoms with Gasteiger partial charge in [-0.25, -0.2) is 4.98 Å². The van der Waals surface area contributed by atoms with Gasteiger partial charge in [0.1, 0.15) is 11.1 Å². The van der Waals surface area contributed by atoms with E-state index in [0.717, 1.165) is 10.2 Å². The van der Waals surface area contributed by atoms with E-state index in [9.17, 15) is 4.79 Å². The van der Waals surface area contributed by atoms with Gasteiger partial charge >= 0.3 is 0 Å². The van der Waals surface area contributed by atoms with E-state index in [1.165, 1.54) is 11.3 Å². The highest BCUT2D eigenvalue weighted by Gasteiger charge is 2.25. The first kappa shape index (κ1) is 11.7. The van der Waals surface area contributed by atoms with Crippen molar-refractivity contribution >= 4 is 38.8 Å². The van der Waals surface area contributed by atoms with E-state index in [-0.39, 0.29) is 0 Å². The van der Waals surface area contributed by atoms with Gasteiger partial charge < -0.3 is 16.8 Å². The van der Waals surface area contributed by atoms with Crippen LogP contribution in [0.4, 0.5) is 11.4 Å². The predicted molar refractivity (Wildman–Crippen MR) is 70.9 cm³/mol. The molecule has 5 nitrogen and oxygen atoms in total. The highest BCUT2D eigenvalue weighted by atomic mass is 32.1. The summed E-state index contributed by atoms with van der Waals surface area (Å²) in [4.78, 5) is 15.4. The smallest absolute Gasteiger partial charge is 0.242 e. The quantitative estimate of drug-likeness (QED) is 0.720. The highest BCUT2D eigenvalue weighted by Crippen LogP contribution is 2.31. The lowest BCUT2D eigenvalue weighted by atomic mass is 10.0. The average molecular weight is 250 g/mol. The molecule has 0 spiro atoms. The van der Waals surface area contributed by atoms with Crippen molar-refractivity contribution in [1.82, 2.24) is 4.98 Å². The Labute approximate surface area is 103 Å². The van der Waals surface area contributed by atoms with Crippen LogP contribution >= 0.6 is 11.3 Å². The fourth-order valence-corrected chi connectivity index (χ4v) is 2.15. The van der Waals surface area contributed by atoms with Gasteiger partial charge in [0.05, 0.1) is 21.6 Å². The second-order valence-electron chi connectivity index (χ2n) is 4.34. The number of primary amides is 1. The summed E-state index contributed by atoms with van der Waals surface area (Å²) in [6.07, 6.45) is 0. The lowest BCUT2D eigenvalue weighted by Crippen LogP contribution is -2.45. The number of anilines is 2. The first-order chi connectivity index (χ1) is 7.92. The third kappa shape index (κ3) is 2.03. The van der Waals surface area contributed by atoms with Crippen LogP contribution < -0.4 is 16.8 Å². The minimum atomic E-state index is -0.849. The van der Waals surface area contributed by atoms with Crippen molar-refractivity contribution in [3.8, 4) is 0 Å². The van der Waals surface area contributed by atoms with Crippen LogP contribution in [0.1, 0.15) is 13.8 Å². The molecule has 0 saturated heterocycles. The molecule has 0 radical (unpaired) electrons. The third-order valence-electron chi connectivity index (χ3n) is 2.60. The summed E-state index contributed by atoms with van der Waals surface area (Å²) in [5.41, 5.74) is 14.2. The van der Waals surface area contributed by atoms with Crippen molar-refractivity contribution in [2.45, 2.75) is 19.4 Å². The second kappa shape index (κ2) is 3.89. The fraction of sp³-hybridized carbons (Fsp3) is 0.273. The maximum atomic E-state index is 11.3. The molecule has 6 heteroatoms. The van der Waals surface area contributed by atoms with Gasteiger partial charge in [0, 0.05) is 0 Å². The summed E-state index contributed by atoms with van der Waals surface area (Å²) in [7, 11) is 0. The number of nitrogens with two attached hydrogens (primary N) is 2. The van der Waals surface area contributed by atoms with Gasteiger partial charge in [0.2, 0.25) is 5.91 Å². The summed E-state index contributed by atoms with van der Waals surface area (Å²) in [6, 6.07) is 3.75. The van der Waals surface area contributed by atoms with Crippen LogP contribution in [0.25, 0.3) is 10.2 Å². The highest BCUT2D eigenvalue weighted by molar-refractivity contribution is 7.16. The van der Waals surface area contributed by atoms with Crippen molar-refractivity contribution < 1.29 is 4.79 Å². The number of rotatable bonds is 3. The van der Waals surface area contributed by atoms with Crippen molar-refractivity contribution in [2.75, 3.05) is 11.1 Å². The summed E-state index contributed by atoms with van der Waals surface area (Å²) >= 11 is 1.52. The molecular formula is C11H14N4OS. The monoisotopic (exact) mass is 250 g/mol. The number of carbonyl (C=O) groups excluding carboxylic acids is 1. The minimum absolute atomic E-state index is 0.435. The van der Waals surface area contributed by atoms with Crippen LogP contribution in [0.15, 0.2) is 17.6 Å². The molecule has 1 heterocycles. The molecule has 1 aromatic heterocycles. The Kier molecular flexibility index (Phi) is 2.66. The first-order valence-electron chi connectivity index (χ1n) is 5.11. The Morgan fingerprint density at radius 1 is 1.47 bits per heavy atom. The molecule has 1 amide bonds. The number of nitrogen functional groups attached to an aromatic ring is 1.